The summed E-state index contributed by atoms with van der Waals surface area (Å²) in [5, 5.41) is 2.78. The average molecular weight is 558 g/mol. The van der Waals surface area contributed by atoms with Crippen molar-refractivity contribution in [3.05, 3.63) is 66.6 Å². The number of rotatable bonds is 7. The van der Waals surface area contributed by atoms with Crippen LogP contribution in [0.25, 0.3) is 11.3 Å². The molecule has 0 saturated carbocycles. The minimum Gasteiger partial charge on any atom is -0.410 e. The molecule has 2 N–H and O–H groups in total. The Morgan fingerprint density at radius 1 is 1.05 bits per heavy atom. The minimum atomic E-state index is -0.719. The molecule has 41 heavy (non-hydrogen) atoms. The Morgan fingerprint density at radius 3 is 2.34 bits per heavy atom. The van der Waals surface area contributed by atoms with Gasteiger partial charge in [-0.25, -0.2) is 9.78 Å². The van der Waals surface area contributed by atoms with Gasteiger partial charge in [-0.3, -0.25) is 4.79 Å². The van der Waals surface area contributed by atoms with Gasteiger partial charge in [-0.15, -0.1) is 0 Å². The van der Waals surface area contributed by atoms with Crippen molar-refractivity contribution in [3.8, 4) is 17.0 Å². The highest BCUT2D eigenvalue weighted by Crippen LogP contribution is 2.37. The van der Waals surface area contributed by atoms with E-state index in [4.69, 9.17) is 14.0 Å². The van der Waals surface area contributed by atoms with Crippen LogP contribution in [0.5, 0.6) is 5.75 Å². The molecule has 2 aliphatic rings. The van der Waals surface area contributed by atoms with E-state index >= 15 is 0 Å². The monoisotopic (exact) mass is 558 g/mol. The quantitative estimate of drug-likeness (QED) is 0.402. The highest BCUT2D eigenvalue weighted by atomic mass is 16.7. The lowest BCUT2D eigenvalue weighted by Crippen LogP contribution is -2.51. The van der Waals surface area contributed by atoms with Crippen LogP contribution in [0.3, 0.4) is 0 Å². The first-order valence-electron chi connectivity index (χ1n) is 14.3. The van der Waals surface area contributed by atoms with E-state index in [1.807, 2.05) is 76.8 Å². The molecule has 9 nitrogen and oxygen atoms in total. The van der Waals surface area contributed by atoms with E-state index in [0.29, 0.717) is 12.3 Å². The molecule has 1 unspecified atom stereocenters. The van der Waals surface area contributed by atoms with Crippen LogP contribution >= 0.6 is 0 Å². The molecule has 216 valence electrons. The first kappa shape index (κ1) is 28.9. The number of hydrogen-bond donors (Lipinski definition) is 2. The molecule has 1 aromatic heterocycles. The molecular formula is C31H39BN4O5. The number of likely N-dealkylation sites (tertiary alicyclic amines) is 1. The van der Waals surface area contributed by atoms with Crippen molar-refractivity contribution in [1.29, 1.82) is 0 Å². The lowest BCUT2D eigenvalue weighted by molar-refractivity contribution is -0.135. The zero-order valence-electron chi connectivity index (χ0n) is 24.6. The summed E-state index contributed by atoms with van der Waals surface area (Å²) in [5.41, 5.74) is 2.00. The highest BCUT2D eigenvalue weighted by molar-refractivity contribution is 6.62. The van der Waals surface area contributed by atoms with Gasteiger partial charge < -0.3 is 29.2 Å². The maximum Gasteiger partial charge on any atom is 0.494 e. The summed E-state index contributed by atoms with van der Waals surface area (Å²) in [5.74, 6) is 0.889. The van der Waals surface area contributed by atoms with Crippen LogP contribution in [-0.2, 0) is 14.1 Å². The van der Waals surface area contributed by atoms with Gasteiger partial charge in [-0.1, -0.05) is 56.3 Å². The fourth-order valence-electron chi connectivity index (χ4n) is 5.21. The van der Waals surface area contributed by atoms with Crippen LogP contribution in [0.15, 0.2) is 60.8 Å². The molecule has 2 aromatic carbocycles. The third kappa shape index (κ3) is 6.04. The number of carbonyl (C=O) groups is 2. The lowest BCUT2D eigenvalue weighted by atomic mass is 9.79. The molecule has 0 aliphatic carbocycles. The number of ether oxygens (including phenoxy) is 1. The second kappa shape index (κ2) is 11.3. The Labute approximate surface area is 242 Å². The Morgan fingerprint density at radius 2 is 1.71 bits per heavy atom. The standard InChI is InChI=1S/C31H39BN4O5/c1-20(2)26(35-29(38)39-23-11-8-7-9-12-23)28(37)36-18-10-13-25(36)27-33-19-24(34-27)21-14-16-22(17-15-21)32-40-30(3,4)31(5,6)41-32/h7-9,11-12,14-17,19-20,25-26H,10,13,18H2,1-6H3,(H,33,34)(H,35,38)/t25?,26-/m0/s1. The van der Waals surface area contributed by atoms with E-state index in [0.717, 1.165) is 35.4 Å². The maximum absolute atomic E-state index is 13.7. The number of imidazole rings is 1. The van der Waals surface area contributed by atoms with E-state index in [-0.39, 0.29) is 17.9 Å². The third-order valence-corrected chi connectivity index (χ3v) is 8.35. The molecule has 2 amide bonds. The van der Waals surface area contributed by atoms with Crippen molar-refractivity contribution in [3.63, 3.8) is 0 Å². The normalized spacial score (nSPS) is 20.3. The third-order valence-electron chi connectivity index (χ3n) is 8.35. The number of aromatic nitrogens is 2. The molecule has 2 saturated heterocycles. The van der Waals surface area contributed by atoms with Crippen LogP contribution in [0.2, 0.25) is 0 Å². The molecule has 10 heteroatoms. The molecule has 2 atom stereocenters. The fourth-order valence-corrected chi connectivity index (χ4v) is 5.21. The molecule has 2 fully saturated rings. The number of hydrogen-bond acceptors (Lipinski definition) is 6. The summed E-state index contributed by atoms with van der Waals surface area (Å²) >= 11 is 0. The average Bonchev–Trinajstić information content (AvgIpc) is 3.65. The molecule has 5 rings (SSSR count). The summed E-state index contributed by atoms with van der Waals surface area (Å²) in [6.07, 6.45) is 2.80. The highest BCUT2D eigenvalue weighted by Gasteiger charge is 2.51. The Kier molecular flexibility index (Phi) is 7.99. The maximum atomic E-state index is 13.7. The van der Waals surface area contributed by atoms with Crippen LogP contribution in [0.1, 0.15) is 66.3 Å². The number of amides is 2. The van der Waals surface area contributed by atoms with E-state index in [1.165, 1.54) is 0 Å². The first-order chi connectivity index (χ1) is 19.4. The van der Waals surface area contributed by atoms with Gasteiger partial charge >= 0.3 is 13.2 Å². The number of carbonyl (C=O) groups excluding carboxylic acids is 2. The number of aromatic amines is 1. The van der Waals surface area contributed by atoms with Gasteiger partial charge in [0.1, 0.15) is 17.6 Å². The predicted octanol–water partition coefficient (Wildman–Crippen LogP) is 4.85. The Balaban J connectivity index is 1.26. The number of nitrogens with zero attached hydrogens (tertiary/aromatic N) is 2. The molecule has 0 spiro atoms. The number of para-hydroxylation sites is 1. The van der Waals surface area contributed by atoms with Gasteiger partial charge in [0.05, 0.1) is 29.1 Å². The number of H-pyrrole nitrogens is 1. The van der Waals surface area contributed by atoms with Crippen molar-refractivity contribution in [2.45, 2.75) is 77.7 Å². The second-order valence-electron chi connectivity index (χ2n) is 12.2. The van der Waals surface area contributed by atoms with Crippen molar-refractivity contribution < 1.29 is 23.6 Å². The van der Waals surface area contributed by atoms with Crippen molar-refractivity contribution >= 4 is 24.6 Å². The second-order valence-corrected chi connectivity index (χ2v) is 12.2. The largest absolute Gasteiger partial charge is 0.494 e. The molecule has 2 aliphatic heterocycles. The summed E-state index contributed by atoms with van der Waals surface area (Å²) in [7, 11) is -0.420. The Hall–Kier alpha value is -3.63. The summed E-state index contributed by atoms with van der Waals surface area (Å²) < 4.78 is 17.7. The van der Waals surface area contributed by atoms with E-state index in [2.05, 4.69) is 15.3 Å². The zero-order chi connectivity index (χ0) is 29.4. The van der Waals surface area contributed by atoms with Gasteiger partial charge in [0, 0.05) is 6.54 Å². The summed E-state index contributed by atoms with van der Waals surface area (Å²) in [6, 6.07) is 15.9. The number of benzene rings is 2. The van der Waals surface area contributed by atoms with Crippen LogP contribution < -0.4 is 15.5 Å². The summed E-state index contributed by atoms with van der Waals surface area (Å²) in [4.78, 5) is 36.2. The van der Waals surface area contributed by atoms with Gasteiger partial charge in [0.25, 0.3) is 0 Å². The molecule has 0 bridgehead atoms. The predicted molar refractivity (Wildman–Crippen MR) is 158 cm³/mol. The lowest BCUT2D eigenvalue weighted by Gasteiger charge is -2.32. The van der Waals surface area contributed by atoms with E-state index in [1.54, 1.807) is 30.5 Å². The van der Waals surface area contributed by atoms with E-state index in [9.17, 15) is 9.59 Å². The van der Waals surface area contributed by atoms with Gasteiger partial charge in [-0.2, -0.15) is 0 Å². The van der Waals surface area contributed by atoms with Gasteiger partial charge in [0.15, 0.2) is 0 Å². The van der Waals surface area contributed by atoms with Crippen molar-refractivity contribution in [2.75, 3.05) is 6.54 Å². The SMILES string of the molecule is CC(C)[C@H](NC(=O)Oc1ccccc1)C(=O)N1CCCC1c1ncc(-c2ccc(B3OC(C)(C)C(C)(C)O3)cc2)[nH]1. The van der Waals surface area contributed by atoms with Crippen LogP contribution in [0.4, 0.5) is 4.79 Å². The smallest absolute Gasteiger partial charge is 0.410 e. The van der Waals surface area contributed by atoms with Crippen LogP contribution in [-0.4, -0.2) is 57.8 Å². The minimum absolute atomic E-state index is 0.123. The van der Waals surface area contributed by atoms with Gasteiger partial charge in [-0.05, 0) is 69.6 Å². The molecule has 3 heterocycles. The summed E-state index contributed by atoms with van der Waals surface area (Å²) in [6.45, 7) is 12.6. The van der Waals surface area contributed by atoms with Crippen molar-refractivity contribution in [1.82, 2.24) is 20.2 Å². The topological polar surface area (TPSA) is 106 Å². The fraction of sp³-hybridized carbons (Fsp3) is 0.452. The molecule has 0 radical (unpaired) electrons. The van der Waals surface area contributed by atoms with Gasteiger partial charge in [0.2, 0.25) is 5.91 Å². The van der Waals surface area contributed by atoms with E-state index < -0.39 is 30.5 Å². The Bertz CT molecular complexity index is 1360. The zero-order valence-corrected chi connectivity index (χ0v) is 24.6. The molecule has 3 aromatic rings. The van der Waals surface area contributed by atoms with Crippen LogP contribution in [0, 0.1) is 5.92 Å². The number of nitrogens with one attached hydrogen (secondary N) is 2. The first-order valence-corrected chi connectivity index (χ1v) is 14.3. The van der Waals surface area contributed by atoms with Crippen molar-refractivity contribution in [2.24, 2.45) is 5.92 Å². The molecular weight excluding hydrogens is 519 g/mol.